The SMILES string of the molecule is CC(C)CN1C[C@@H]2C[C@H]3C=N[C@]2(C(=O)NCc2ccccc2)[C@@H]1[C@@H]3CCCCNC(=O)OC(C)(C)C. The van der Waals surface area contributed by atoms with Gasteiger partial charge in [-0.25, -0.2) is 4.79 Å². The molecule has 0 unspecified atom stereocenters. The van der Waals surface area contributed by atoms with Crippen molar-refractivity contribution in [2.24, 2.45) is 28.7 Å². The number of nitrogens with one attached hydrogen (secondary N) is 2. The largest absolute Gasteiger partial charge is 0.444 e. The zero-order valence-electron chi connectivity index (χ0n) is 22.6. The monoisotopic (exact) mass is 496 g/mol. The van der Waals surface area contributed by atoms with Gasteiger partial charge in [-0.1, -0.05) is 50.6 Å². The van der Waals surface area contributed by atoms with Gasteiger partial charge in [-0.05, 0) is 63.4 Å². The Kier molecular flexibility index (Phi) is 8.08. The number of benzene rings is 1. The Morgan fingerprint density at radius 1 is 1.17 bits per heavy atom. The maximum Gasteiger partial charge on any atom is 0.407 e. The molecule has 5 rings (SSSR count). The number of rotatable bonds is 10. The molecule has 3 aliphatic heterocycles. The first-order valence-electron chi connectivity index (χ1n) is 13.7. The van der Waals surface area contributed by atoms with Gasteiger partial charge in [0.2, 0.25) is 5.91 Å². The second kappa shape index (κ2) is 10.9. The van der Waals surface area contributed by atoms with E-state index < -0.39 is 11.1 Å². The second-order valence-electron chi connectivity index (χ2n) is 12.2. The molecule has 2 fully saturated rings. The minimum Gasteiger partial charge on any atom is -0.444 e. The highest BCUT2D eigenvalue weighted by molar-refractivity contribution is 5.92. The lowest BCUT2D eigenvalue weighted by molar-refractivity contribution is -0.132. The number of hydrogen-bond acceptors (Lipinski definition) is 5. The third-order valence-electron chi connectivity index (χ3n) is 7.81. The molecule has 2 amide bonds. The Bertz CT molecular complexity index is 942. The molecule has 4 aliphatic rings. The van der Waals surface area contributed by atoms with Crippen LogP contribution < -0.4 is 10.6 Å². The van der Waals surface area contributed by atoms with Crippen molar-refractivity contribution in [2.75, 3.05) is 19.6 Å². The van der Waals surface area contributed by atoms with E-state index in [0.717, 1.165) is 44.3 Å². The third kappa shape index (κ3) is 5.77. The van der Waals surface area contributed by atoms with Gasteiger partial charge in [0.25, 0.3) is 0 Å². The van der Waals surface area contributed by atoms with E-state index in [1.54, 1.807) is 0 Å². The van der Waals surface area contributed by atoms with Crippen LogP contribution in [0.25, 0.3) is 0 Å². The number of aliphatic imine (C=N–C) groups is 1. The number of alkyl carbamates (subject to hydrolysis) is 1. The number of carbonyl (C=O) groups is 2. The van der Waals surface area contributed by atoms with E-state index >= 15 is 0 Å². The maximum atomic E-state index is 13.8. The molecule has 2 N–H and O–H groups in total. The summed E-state index contributed by atoms with van der Waals surface area (Å²) >= 11 is 0. The van der Waals surface area contributed by atoms with Crippen molar-refractivity contribution in [3.63, 3.8) is 0 Å². The quantitative estimate of drug-likeness (QED) is 0.470. The van der Waals surface area contributed by atoms with Crippen LogP contribution in [0, 0.1) is 23.7 Å². The van der Waals surface area contributed by atoms with Crippen molar-refractivity contribution in [2.45, 2.75) is 84.0 Å². The van der Waals surface area contributed by atoms with Gasteiger partial charge in [0.15, 0.2) is 5.54 Å². The highest BCUT2D eigenvalue weighted by Gasteiger charge is 2.66. The number of unbranched alkanes of at least 4 members (excludes halogenated alkanes) is 1. The number of ether oxygens (including phenoxy) is 1. The molecule has 0 spiro atoms. The van der Waals surface area contributed by atoms with Crippen LogP contribution in [0.15, 0.2) is 35.3 Å². The van der Waals surface area contributed by atoms with Gasteiger partial charge in [0.1, 0.15) is 5.60 Å². The Balaban J connectivity index is 1.42. The summed E-state index contributed by atoms with van der Waals surface area (Å²) in [6, 6.07) is 10.2. The molecule has 0 aromatic heterocycles. The van der Waals surface area contributed by atoms with E-state index in [9.17, 15) is 9.59 Å². The topological polar surface area (TPSA) is 83.0 Å². The number of carbonyl (C=O) groups excluding carboxylic acids is 2. The van der Waals surface area contributed by atoms with Crippen LogP contribution in [0.2, 0.25) is 0 Å². The van der Waals surface area contributed by atoms with Gasteiger partial charge in [0.05, 0.1) is 0 Å². The molecule has 1 aromatic rings. The molecule has 3 heterocycles. The first kappa shape index (κ1) is 26.6. The number of nitrogens with zero attached hydrogens (tertiary/aromatic N) is 2. The lowest BCUT2D eigenvalue weighted by Crippen LogP contribution is -2.65. The summed E-state index contributed by atoms with van der Waals surface area (Å²) < 4.78 is 5.34. The Labute approximate surface area is 216 Å². The molecule has 4 bridgehead atoms. The fourth-order valence-electron chi connectivity index (χ4n) is 6.55. The predicted molar refractivity (Wildman–Crippen MR) is 143 cm³/mol. The molecule has 0 radical (unpaired) electrons. The molecule has 1 saturated heterocycles. The van der Waals surface area contributed by atoms with Crippen LogP contribution in [0.1, 0.15) is 65.9 Å². The summed E-state index contributed by atoms with van der Waals surface area (Å²) in [5, 5.41) is 6.12. The van der Waals surface area contributed by atoms with Gasteiger partial charge >= 0.3 is 6.09 Å². The van der Waals surface area contributed by atoms with Crippen LogP contribution in [0.5, 0.6) is 0 Å². The standard InChI is InChI=1S/C29H44N4O3/c1-20(2)18-33-19-23-15-22-17-32-29(23,26(34)31-16-21-11-7-6-8-12-21)25(33)24(22)13-9-10-14-30-27(35)36-28(3,4)5/h6-8,11-12,17,20,22-25H,9-10,13-16,18-19H2,1-5H3,(H,30,35)(H,31,34)/t22-,23-,24+,25-,29-/m0/s1. The molecule has 7 heteroatoms. The fourth-order valence-corrected chi connectivity index (χ4v) is 6.55. The normalized spacial score (nSPS) is 28.9. The zero-order valence-corrected chi connectivity index (χ0v) is 22.6. The van der Waals surface area contributed by atoms with E-state index in [0.29, 0.717) is 30.8 Å². The summed E-state index contributed by atoms with van der Waals surface area (Å²) in [5.41, 5.74) is -0.0622. The summed E-state index contributed by atoms with van der Waals surface area (Å²) in [5.74, 6) is 1.73. The predicted octanol–water partition coefficient (Wildman–Crippen LogP) is 4.41. The van der Waals surface area contributed by atoms with Gasteiger partial charge in [0, 0.05) is 44.4 Å². The highest BCUT2D eigenvalue weighted by Crippen LogP contribution is 2.55. The average molecular weight is 497 g/mol. The Morgan fingerprint density at radius 3 is 2.61 bits per heavy atom. The maximum absolute atomic E-state index is 13.8. The highest BCUT2D eigenvalue weighted by atomic mass is 16.6. The van der Waals surface area contributed by atoms with E-state index in [2.05, 4.69) is 35.6 Å². The molecular weight excluding hydrogens is 452 g/mol. The molecule has 5 atom stereocenters. The Morgan fingerprint density at radius 2 is 1.92 bits per heavy atom. The van der Waals surface area contributed by atoms with Crippen molar-refractivity contribution in [3.8, 4) is 0 Å². The first-order valence-corrected chi connectivity index (χ1v) is 13.7. The van der Waals surface area contributed by atoms with Crippen LogP contribution in [-0.4, -0.2) is 59.9 Å². The van der Waals surface area contributed by atoms with Gasteiger partial charge < -0.3 is 15.4 Å². The molecule has 1 aliphatic carbocycles. The van der Waals surface area contributed by atoms with Gasteiger partial charge in [-0.2, -0.15) is 0 Å². The van der Waals surface area contributed by atoms with Crippen molar-refractivity contribution in [1.82, 2.24) is 15.5 Å². The lowest BCUT2D eigenvalue weighted by Gasteiger charge is -2.51. The zero-order chi connectivity index (χ0) is 25.9. The van der Waals surface area contributed by atoms with Gasteiger partial charge in [-0.15, -0.1) is 0 Å². The first-order chi connectivity index (χ1) is 17.1. The lowest BCUT2D eigenvalue weighted by atomic mass is 9.60. The third-order valence-corrected chi connectivity index (χ3v) is 7.81. The van der Waals surface area contributed by atoms with E-state index in [4.69, 9.17) is 9.73 Å². The van der Waals surface area contributed by atoms with Crippen LogP contribution in [0.3, 0.4) is 0 Å². The van der Waals surface area contributed by atoms with E-state index in [1.165, 1.54) is 0 Å². The minimum absolute atomic E-state index is 0.0820. The molecule has 198 valence electrons. The van der Waals surface area contributed by atoms with Crippen LogP contribution >= 0.6 is 0 Å². The van der Waals surface area contributed by atoms with Crippen LogP contribution in [0.4, 0.5) is 4.79 Å². The smallest absolute Gasteiger partial charge is 0.407 e. The van der Waals surface area contributed by atoms with Gasteiger partial charge in [-0.3, -0.25) is 14.7 Å². The Hall–Kier alpha value is -2.41. The minimum atomic E-state index is -0.683. The number of hydrogen-bond donors (Lipinski definition) is 2. The van der Waals surface area contributed by atoms with Crippen LogP contribution in [-0.2, 0) is 16.1 Å². The van der Waals surface area contributed by atoms with Crippen molar-refractivity contribution in [3.05, 3.63) is 35.9 Å². The number of amides is 2. The number of likely N-dealkylation sites (tertiary alicyclic amines) is 1. The molecule has 36 heavy (non-hydrogen) atoms. The van der Waals surface area contributed by atoms with E-state index in [-0.39, 0.29) is 24.0 Å². The summed E-state index contributed by atoms with van der Waals surface area (Å²) in [4.78, 5) is 33.4. The molecular formula is C29H44N4O3. The summed E-state index contributed by atoms with van der Waals surface area (Å²) in [6.45, 7) is 13.2. The van der Waals surface area contributed by atoms with Crippen molar-refractivity contribution in [1.29, 1.82) is 0 Å². The van der Waals surface area contributed by atoms with Crippen molar-refractivity contribution < 1.29 is 14.3 Å². The summed E-state index contributed by atoms with van der Waals surface area (Å²) in [7, 11) is 0. The molecule has 1 saturated carbocycles. The molecule has 1 aromatic carbocycles. The fraction of sp³-hybridized carbons (Fsp3) is 0.690. The van der Waals surface area contributed by atoms with Crippen molar-refractivity contribution >= 4 is 18.2 Å². The molecule has 7 nitrogen and oxygen atoms in total. The van der Waals surface area contributed by atoms with E-state index in [1.807, 2.05) is 51.1 Å². The second-order valence-corrected chi connectivity index (χ2v) is 12.2. The average Bonchev–Trinajstić information content (AvgIpc) is 3.06. The summed E-state index contributed by atoms with van der Waals surface area (Å²) in [6.07, 6.45) is 5.70.